The number of aromatic nitrogens is 3. The summed E-state index contributed by atoms with van der Waals surface area (Å²) in [6.45, 7) is 0. The van der Waals surface area contributed by atoms with Crippen molar-refractivity contribution >= 4 is 11.0 Å². The summed E-state index contributed by atoms with van der Waals surface area (Å²) in [4.78, 5) is 8.75. The lowest BCUT2D eigenvalue weighted by Gasteiger charge is -2.37. The molecule has 0 amide bonds. The molecule has 4 heteroatoms. The lowest BCUT2D eigenvalue weighted by molar-refractivity contribution is 0.242. The van der Waals surface area contributed by atoms with E-state index >= 15 is 0 Å². The summed E-state index contributed by atoms with van der Waals surface area (Å²) in [5.41, 5.74) is 8.34. The second-order valence-corrected chi connectivity index (χ2v) is 4.84. The van der Waals surface area contributed by atoms with Crippen LogP contribution in [0.25, 0.3) is 11.0 Å². The molecule has 1 fully saturated rings. The highest BCUT2D eigenvalue weighted by atomic mass is 15.1. The smallest absolute Gasteiger partial charge is 0.111 e. The average molecular weight is 216 g/mol. The van der Waals surface area contributed by atoms with Gasteiger partial charge in [-0.15, -0.1) is 0 Å². The number of nitrogens with two attached hydrogens (primary N) is 1. The van der Waals surface area contributed by atoms with E-state index in [0.29, 0.717) is 0 Å². The predicted octanol–water partition coefficient (Wildman–Crippen LogP) is 1.39. The normalized spacial score (nSPS) is 18.6. The average Bonchev–Trinajstić information content (AvgIpc) is 2.55. The molecule has 0 atom stereocenters. The van der Waals surface area contributed by atoms with E-state index < -0.39 is 0 Å². The van der Waals surface area contributed by atoms with Crippen LogP contribution in [0.4, 0.5) is 0 Å². The van der Waals surface area contributed by atoms with Gasteiger partial charge in [0.05, 0.1) is 17.2 Å². The van der Waals surface area contributed by atoms with Crippen LogP contribution < -0.4 is 5.73 Å². The fourth-order valence-electron chi connectivity index (χ4n) is 2.37. The van der Waals surface area contributed by atoms with Crippen LogP contribution in [0.15, 0.2) is 18.5 Å². The zero-order chi connectivity index (χ0) is 11.2. The van der Waals surface area contributed by atoms with Crippen LogP contribution in [0.2, 0.25) is 0 Å². The van der Waals surface area contributed by atoms with Gasteiger partial charge in [-0.2, -0.15) is 0 Å². The van der Waals surface area contributed by atoms with Crippen molar-refractivity contribution in [3.05, 3.63) is 24.3 Å². The molecule has 2 heterocycles. The van der Waals surface area contributed by atoms with Gasteiger partial charge in [-0.3, -0.25) is 4.98 Å². The molecule has 84 valence electrons. The molecule has 3 rings (SSSR count). The van der Waals surface area contributed by atoms with Crippen molar-refractivity contribution in [3.8, 4) is 0 Å². The van der Waals surface area contributed by atoms with E-state index in [4.69, 9.17) is 5.73 Å². The third kappa shape index (κ3) is 1.41. The van der Waals surface area contributed by atoms with E-state index in [-0.39, 0.29) is 5.54 Å². The van der Waals surface area contributed by atoms with Gasteiger partial charge in [-0.05, 0) is 25.3 Å². The lowest BCUT2D eigenvalue weighted by Crippen LogP contribution is -2.48. The van der Waals surface area contributed by atoms with Crippen LogP contribution in [-0.4, -0.2) is 20.1 Å². The summed E-state index contributed by atoms with van der Waals surface area (Å²) >= 11 is 0. The van der Waals surface area contributed by atoms with Crippen molar-refractivity contribution in [2.45, 2.75) is 31.2 Å². The molecule has 1 aliphatic rings. The maximum absolute atomic E-state index is 6.26. The number of pyridine rings is 1. The summed E-state index contributed by atoms with van der Waals surface area (Å²) in [5, 5.41) is 0. The van der Waals surface area contributed by atoms with Gasteiger partial charge in [0.2, 0.25) is 0 Å². The Balaban J connectivity index is 2.00. The number of hydrogen-bond acceptors (Lipinski definition) is 3. The first-order chi connectivity index (χ1) is 7.68. The SMILES string of the molecule is Cn1c(CC2(N)CCC2)nc2ccncc21. The molecule has 16 heavy (non-hydrogen) atoms. The minimum Gasteiger partial charge on any atom is -0.330 e. The van der Waals surface area contributed by atoms with Crippen LogP contribution in [-0.2, 0) is 13.5 Å². The van der Waals surface area contributed by atoms with Gasteiger partial charge in [-0.25, -0.2) is 4.98 Å². The highest BCUT2D eigenvalue weighted by molar-refractivity contribution is 5.74. The Morgan fingerprint density at radius 3 is 2.94 bits per heavy atom. The Bertz CT molecular complexity index is 525. The third-order valence-electron chi connectivity index (χ3n) is 3.64. The van der Waals surface area contributed by atoms with Gasteiger partial charge in [0.15, 0.2) is 0 Å². The molecule has 1 aliphatic carbocycles. The molecule has 0 aliphatic heterocycles. The van der Waals surface area contributed by atoms with Crippen LogP contribution in [0.3, 0.4) is 0 Å². The second-order valence-electron chi connectivity index (χ2n) is 4.84. The Morgan fingerprint density at radius 1 is 1.50 bits per heavy atom. The van der Waals surface area contributed by atoms with E-state index in [1.165, 1.54) is 6.42 Å². The first-order valence-electron chi connectivity index (χ1n) is 5.72. The zero-order valence-corrected chi connectivity index (χ0v) is 9.48. The second kappa shape index (κ2) is 3.28. The fourth-order valence-corrected chi connectivity index (χ4v) is 2.37. The standard InChI is InChI=1S/C12H16N4/c1-16-10-8-14-6-3-9(10)15-11(16)7-12(13)4-2-5-12/h3,6,8H,2,4-5,7,13H2,1H3. The minimum absolute atomic E-state index is 0.0113. The highest BCUT2D eigenvalue weighted by Crippen LogP contribution is 2.32. The van der Waals surface area contributed by atoms with E-state index in [2.05, 4.69) is 14.5 Å². The van der Waals surface area contributed by atoms with Crippen molar-refractivity contribution < 1.29 is 0 Å². The van der Waals surface area contributed by atoms with Crippen LogP contribution in [0.5, 0.6) is 0 Å². The Kier molecular flexibility index (Phi) is 2.01. The lowest BCUT2D eigenvalue weighted by atomic mass is 9.75. The minimum atomic E-state index is -0.0113. The zero-order valence-electron chi connectivity index (χ0n) is 9.48. The van der Waals surface area contributed by atoms with Crippen molar-refractivity contribution in [3.63, 3.8) is 0 Å². The quantitative estimate of drug-likeness (QED) is 0.825. The van der Waals surface area contributed by atoms with Crippen molar-refractivity contribution in [1.82, 2.24) is 14.5 Å². The van der Waals surface area contributed by atoms with Crippen LogP contribution in [0.1, 0.15) is 25.1 Å². The number of imidazole rings is 1. The molecule has 0 unspecified atom stereocenters. The van der Waals surface area contributed by atoms with Crippen LogP contribution >= 0.6 is 0 Å². The molecule has 2 N–H and O–H groups in total. The molecule has 2 aromatic rings. The summed E-state index contributed by atoms with van der Waals surface area (Å²) in [6, 6.07) is 1.95. The van der Waals surface area contributed by atoms with Crippen LogP contribution in [0, 0.1) is 0 Å². The molecule has 0 aromatic carbocycles. The summed E-state index contributed by atoms with van der Waals surface area (Å²) in [7, 11) is 2.04. The summed E-state index contributed by atoms with van der Waals surface area (Å²) in [6.07, 6.45) is 8.00. The number of nitrogens with zero attached hydrogens (tertiary/aromatic N) is 3. The molecular weight excluding hydrogens is 200 g/mol. The molecule has 0 saturated heterocycles. The molecule has 4 nitrogen and oxygen atoms in total. The van der Waals surface area contributed by atoms with Gasteiger partial charge in [0.1, 0.15) is 5.82 Å². The van der Waals surface area contributed by atoms with Crippen molar-refractivity contribution in [2.75, 3.05) is 0 Å². The molecule has 0 radical (unpaired) electrons. The Hall–Kier alpha value is -1.42. The number of aryl methyl sites for hydroxylation is 1. The maximum atomic E-state index is 6.26. The third-order valence-corrected chi connectivity index (χ3v) is 3.64. The molecule has 0 spiro atoms. The van der Waals surface area contributed by atoms with Gasteiger partial charge in [0.25, 0.3) is 0 Å². The first kappa shape index (κ1) is 9.78. The van der Waals surface area contributed by atoms with E-state index in [9.17, 15) is 0 Å². The fraction of sp³-hybridized carbons (Fsp3) is 0.500. The number of fused-ring (bicyclic) bond motifs is 1. The predicted molar refractivity (Wildman–Crippen MR) is 63.0 cm³/mol. The van der Waals surface area contributed by atoms with Crippen molar-refractivity contribution in [1.29, 1.82) is 0 Å². The van der Waals surface area contributed by atoms with Gasteiger partial charge in [0, 0.05) is 25.2 Å². The molecule has 1 saturated carbocycles. The van der Waals surface area contributed by atoms with E-state index in [1.807, 2.05) is 19.3 Å². The largest absolute Gasteiger partial charge is 0.330 e. The molecule has 2 aromatic heterocycles. The topological polar surface area (TPSA) is 56.7 Å². The monoisotopic (exact) mass is 216 g/mol. The number of rotatable bonds is 2. The highest BCUT2D eigenvalue weighted by Gasteiger charge is 2.34. The Morgan fingerprint density at radius 2 is 2.31 bits per heavy atom. The maximum Gasteiger partial charge on any atom is 0.111 e. The Labute approximate surface area is 94.5 Å². The van der Waals surface area contributed by atoms with Gasteiger partial charge < -0.3 is 10.3 Å². The summed E-state index contributed by atoms with van der Waals surface area (Å²) in [5.74, 6) is 1.07. The van der Waals surface area contributed by atoms with E-state index in [0.717, 1.165) is 36.1 Å². The molecular formula is C12H16N4. The van der Waals surface area contributed by atoms with Gasteiger partial charge >= 0.3 is 0 Å². The van der Waals surface area contributed by atoms with E-state index in [1.54, 1.807) is 6.20 Å². The summed E-state index contributed by atoms with van der Waals surface area (Å²) < 4.78 is 2.11. The molecule has 0 bridgehead atoms. The van der Waals surface area contributed by atoms with Crippen molar-refractivity contribution in [2.24, 2.45) is 12.8 Å². The first-order valence-corrected chi connectivity index (χ1v) is 5.72. The van der Waals surface area contributed by atoms with Gasteiger partial charge in [-0.1, -0.05) is 0 Å². The number of hydrogen-bond donors (Lipinski definition) is 1.